The van der Waals surface area contributed by atoms with Crippen LogP contribution in [0.5, 0.6) is 0 Å². The van der Waals surface area contributed by atoms with Crippen LogP contribution in [0.1, 0.15) is 67.2 Å². The zero-order chi connectivity index (χ0) is 16.0. The molecular weight excluding hydrogens is 264 g/mol. The van der Waals surface area contributed by atoms with E-state index in [1.807, 2.05) is 25.7 Å². The highest BCUT2D eigenvalue weighted by molar-refractivity contribution is 5.68. The van der Waals surface area contributed by atoms with Crippen LogP contribution in [0.25, 0.3) is 0 Å². The maximum atomic E-state index is 12.2. The molecule has 0 radical (unpaired) electrons. The molecule has 1 aliphatic rings. The summed E-state index contributed by atoms with van der Waals surface area (Å²) < 4.78 is 5.51. The van der Waals surface area contributed by atoms with Crippen LogP contribution < -0.4 is 5.32 Å². The molecular formula is C17H34N2O2. The predicted octanol–water partition coefficient (Wildman–Crippen LogP) is 3.80. The van der Waals surface area contributed by atoms with E-state index in [2.05, 4.69) is 26.1 Å². The molecule has 4 heteroatoms. The minimum absolute atomic E-state index is 0.153. The normalized spacial score (nSPS) is 20.9. The molecule has 1 rings (SSSR count). The Morgan fingerprint density at radius 2 is 2.00 bits per heavy atom. The number of likely N-dealkylation sites (tertiary alicyclic amines) is 1. The second-order valence-electron chi connectivity index (χ2n) is 7.74. The van der Waals surface area contributed by atoms with Gasteiger partial charge in [-0.05, 0) is 65.8 Å². The first-order valence-electron chi connectivity index (χ1n) is 8.42. The lowest BCUT2D eigenvalue weighted by atomic mass is 10.1. The lowest BCUT2D eigenvalue weighted by Gasteiger charge is -2.30. The number of nitrogens with one attached hydrogen (secondary N) is 1. The third kappa shape index (κ3) is 7.16. The molecule has 124 valence electrons. The highest BCUT2D eigenvalue weighted by Crippen LogP contribution is 2.24. The number of hydrogen-bond acceptors (Lipinski definition) is 3. The van der Waals surface area contributed by atoms with Crippen molar-refractivity contribution in [2.24, 2.45) is 5.92 Å². The van der Waals surface area contributed by atoms with Gasteiger partial charge in [0, 0.05) is 18.6 Å². The van der Waals surface area contributed by atoms with Crippen molar-refractivity contribution in [3.05, 3.63) is 0 Å². The van der Waals surface area contributed by atoms with Crippen LogP contribution in [0.15, 0.2) is 0 Å². The summed E-state index contributed by atoms with van der Waals surface area (Å²) in [6.07, 6.45) is 4.24. The highest BCUT2D eigenvalue weighted by Gasteiger charge is 2.32. The summed E-state index contributed by atoms with van der Waals surface area (Å²) in [7, 11) is 0. The van der Waals surface area contributed by atoms with Gasteiger partial charge in [0.1, 0.15) is 5.60 Å². The number of carbonyl (C=O) groups is 1. The molecule has 0 aliphatic carbocycles. The number of carbonyl (C=O) groups excluding carboxylic acids is 1. The van der Waals surface area contributed by atoms with Gasteiger partial charge in [-0.2, -0.15) is 0 Å². The van der Waals surface area contributed by atoms with Gasteiger partial charge in [0.15, 0.2) is 0 Å². The van der Waals surface area contributed by atoms with Crippen molar-refractivity contribution in [3.63, 3.8) is 0 Å². The molecule has 0 spiro atoms. The van der Waals surface area contributed by atoms with E-state index in [1.165, 1.54) is 6.42 Å². The van der Waals surface area contributed by atoms with Crippen molar-refractivity contribution in [3.8, 4) is 0 Å². The largest absolute Gasteiger partial charge is 0.444 e. The van der Waals surface area contributed by atoms with E-state index in [0.717, 1.165) is 38.3 Å². The first kappa shape index (κ1) is 18.3. The lowest BCUT2D eigenvalue weighted by Crippen LogP contribution is -2.42. The fourth-order valence-electron chi connectivity index (χ4n) is 2.75. The monoisotopic (exact) mass is 298 g/mol. The van der Waals surface area contributed by atoms with Crippen molar-refractivity contribution >= 4 is 6.09 Å². The summed E-state index contributed by atoms with van der Waals surface area (Å²) in [5.74, 6) is 0.731. The van der Waals surface area contributed by atoms with Crippen LogP contribution in [0, 0.1) is 5.92 Å². The van der Waals surface area contributed by atoms with Crippen LogP contribution in [-0.4, -0.2) is 41.8 Å². The molecule has 4 nitrogen and oxygen atoms in total. The molecule has 1 N–H and O–H groups in total. The van der Waals surface area contributed by atoms with Crippen molar-refractivity contribution in [2.45, 2.75) is 84.9 Å². The Morgan fingerprint density at radius 3 is 2.57 bits per heavy atom. The second-order valence-corrected chi connectivity index (χ2v) is 7.74. The van der Waals surface area contributed by atoms with Gasteiger partial charge in [-0.3, -0.25) is 0 Å². The molecule has 1 amide bonds. The van der Waals surface area contributed by atoms with Crippen LogP contribution >= 0.6 is 0 Å². The Balaban J connectivity index is 2.40. The van der Waals surface area contributed by atoms with Gasteiger partial charge in [0.2, 0.25) is 0 Å². The van der Waals surface area contributed by atoms with Gasteiger partial charge in [-0.1, -0.05) is 13.8 Å². The van der Waals surface area contributed by atoms with Crippen LogP contribution in [0.2, 0.25) is 0 Å². The van der Waals surface area contributed by atoms with Crippen LogP contribution in [0.4, 0.5) is 4.79 Å². The molecule has 1 heterocycles. The van der Waals surface area contributed by atoms with Crippen molar-refractivity contribution in [1.29, 1.82) is 0 Å². The van der Waals surface area contributed by atoms with Crippen molar-refractivity contribution in [1.82, 2.24) is 10.2 Å². The van der Waals surface area contributed by atoms with E-state index in [-0.39, 0.29) is 6.09 Å². The Bertz CT molecular complexity index is 323. The summed E-state index contributed by atoms with van der Waals surface area (Å²) in [4.78, 5) is 14.2. The summed E-state index contributed by atoms with van der Waals surface area (Å²) in [6.45, 7) is 14.4. The van der Waals surface area contributed by atoms with E-state index >= 15 is 0 Å². The van der Waals surface area contributed by atoms with Gasteiger partial charge in [-0.25, -0.2) is 4.79 Å². The molecule has 0 aromatic heterocycles. The zero-order valence-electron chi connectivity index (χ0n) is 14.7. The third-order valence-corrected chi connectivity index (χ3v) is 3.85. The number of ether oxygens (including phenoxy) is 1. The van der Waals surface area contributed by atoms with Gasteiger partial charge < -0.3 is 15.0 Å². The predicted molar refractivity (Wildman–Crippen MR) is 87.5 cm³/mol. The molecule has 0 aromatic rings. The zero-order valence-corrected chi connectivity index (χ0v) is 14.7. The summed E-state index contributed by atoms with van der Waals surface area (Å²) in [5.41, 5.74) is -0.411. The van der Waals surface area contributed by atoms with Gasteiger partial charge in [-0.15, -0.1) is 0 Å². The van der Waals surface area contributed by atoms with Crippen molar-refractivity contribution in [2.75, 3.05) is 13.1 Å². The Morgan fingerprint density at radius 1 is 1.33 bits per heavy atom. The maximum absolute atomic E-state index is 12.2. The first-order chi connectivity index (χ1) is 9.69. The first-order valence-corrected chi connectivity index (χ1v) is 8.42. The molecule has 0 saturated carbocycles. The lowest BCUT2D eigenvalue weighted by molar-refractivity contribution is 0.0214. The SMILES string of the molecule is CC(C)CCNC(C)CC1CCCN1C(=O)OC(C)(C)C. The maximum Gasteiger partial charge on any atom is 0.410 e. The fraction of sp³-hybridized carbons (Fsp3) is 0.941. The van der Waals surface area contributed by atoms with E-state index in [0.29, 0.717) is 12.1 Å². The molecule has 2 atom stereocenters. The molecule has 2 unspecified atom stereocenters. The second kappa shape index (κ2) is 8.02. The standard InChI is InChI=1S/C17H34N2O2/c1-13(2)9-10-18-14(3)12-15-8-7-11-19(15)16(20)21-17(4,5)6/h13-15,18H,7-12H2,1-6H3. The van der Waals surface area contributed by atoms with E-state index < -0.39 is 5.60 Å². The quantitative estimate of drug-likeness (QED) is 0.811. The molecule has 0 aromatic carbocycles. The van der Waals surface area contributed by atoms with E-state index in [9.17, 15) is 4.79 Å². The topological polar surface area (TPSA) is 41.6 Å². The summed E-state index contributed by atoms with van der Waals surface area (Å²) in [5, 5.41) is 3.57. The number of hydrogen-bond donors (Lipinski definition) is 1. The van der Waals surface area contributed by atoms with E-state index in [1.54, 1.807) is 0 Å². The minimum Gasteiger partial charge on any atom is -0.444 e. The third-order valence-electron chi connectivity index (χ3n) is 3.85. The Hall–Kier alpha value is -0.770. The summed E-state index contributed by atoms with van der Waals surface area (Å²) in [6, 6.07) is 0.762. The summed E-state index contributed by atoms with van der Waals surface area (Å²) >= 11 is 0. The van der Waals surface area contributed by atoms with E-state index in [4.69, 9.17) is 4.74 Å². The molecule has 0 bridgehead atoms. The smallest absolute Gasteiger partial charge is 0.410 e. The van der Waals surface area contributed by atoms with Gasteiger partial charge in [0.25, 0.3) is 0 Å². The van der Waals surface area contributed by atoms with Crippen LogP contribution in [-0.2, 0) is 4.74 Å². The average Bonchev–Trinajstić information content (AvgIpc) is 2.74. The van der Waals surface area contributed by atoms with Crippen molar-refractivity contribution < 1.29 is 9.53 Å². The minimum atomic E-state index is -0.411. The number of amides is 1. The Kier molecular flexibility index (Phi) is 6.98. The highest BCUT2D eigenvalue weighted by atomic mass is 16.6. The van der Waals surface area contributed by atoms with Gasteiger partial charge >= 0.3 is 6.09 Å². The molecule has 1 fully saturated rings. The molecule has 1 aliphatic heterocycles. The average molecular weight is 298 g/mol. The number of rotatable bonds is 6. The molecule has 21 heavy (non-hydrogen) atoms. The fourth-order valence-corrected chi connectivity index (χ4v) is 2.75. The van der Waals surface area contributed by atoms with Crippen LogP contribution in [0.3, 0.4) is 0 Å². The van der Waals surface area contributed by atoms with Gasteiger partial charge in [0.05, 0.1) is 0 Å². The number of nitrogens with zero attached hydrogens (tertiary/aromatic N) is 1. The molecule has 1 saturated heterocycles. The Labute approximate surface area is 130 Å².